The van der Waals surface area contributed by atoms with Crippen molar-refractivity contribution in [1.29, 1.82) is 0 Å². The molecule has 0 aliphatic carbocycles. The normalized spacial score (nSPS) is 11.3. The number of pyridine rings is 1. The Morgan fingerprint density at radius 2 is 2.00 bits per heavy atom. The molecule has 3 N–H and O–H groups in total. The molecule has 5 nitrogen and oxygen atoms in total. The van der Waals surface area contributed by atoms with Crippen LogP contribution in [0.4, 0.5) is 15.9 Å². The number of aromatic nitrogens is 1. The minimum atomic E-state index is -3.93. The number of aryl methyl sites for hydroxylation is 1. The molecule has 0 bridgehead atoms. The van der Waals surface area contributed by atoms with E-state index in [-0.39, 0.29) is 22.0 Å². The Labute approximate surface area is 116 Å². The van der Waals surface area contributed by atoms with E-state index in [1.165, 1.54) is 19.2 Å². The molecule has 1 aromatic carbocycles. The molecule has 20 heavy (non-hydrogen) atoms. The highest BCUT2D eigenvalue weighted by atomic mass is 32.2. The van der Waals surface area contributed by atoms with Gasteiger partial charge in [-0.1, -0.05) is 6.07 Å². The lowest BCUT2D eigenvalue weighted by Gasteiger charge is -2.11. The number of nitrogen functional groups attached to an aromatic ring is 1. The second-order valence-corrected chi connectivity index (χ2v) is 6.08. The van der Waals surface area contributed by atoms with Crippen molar-refractivity contribution in [3.05, 3.63) is 47.4 Å². The smallest absolute Gasteiger partial charge is 0.263 e. The molecule has 0 aliphatic heterocycles. The third kappa shape index (κ3) is 2.72. The van der Waals surface area contributed by atoms with Crippen LogP contribution in [-0.2, 0) is 10.0 Å². The van der Waals surface area contributed by atoms with Crippen molar-refractivity contribution in [1.82, 2.24) is 4.98 Å². The summed E-state index contributed by atoms with van der Waals surface area (Å²) in [5.74, 6) is -0.463. The van der Waals surface area contributed by atoms with E-state index in [0.29, 0.717) is 5.56 Å². The second kappa shape index (κ2) is 5.09. The number of hydrogen-bond donors (Lipinski definition) is 2. The molecule has 0 aliphatic rings. The van der Waals surface area contributed by atoms with Crippen LogP contribution < -0.4 is 10.5 Å². The third-order valence-electron chi connectivity index (χ3n) is 2.91. The van der Waals surface area contributed by atoms with E-state index in [1.54, 1.807) is 19.1 Å². The lowest BCUT2D eigenvalue weighted by atomic mass is 10.2. The SMILES string of the molecule is Cc1cccnc1NS(=O)(=O)c1cc(N)c(C)c(F)c1. The summed E-state index contributed by atoms with van der Waals surface area (Å²) in [5.41, 5.74) is 6.56. The number of nitrogens with two attached hydrogens (primary N) is 1. The predicted molar refractivity (Wildman–Crippen MR) is 75.3 cm³/mol. The van der Waals surface area contributed by atoms with Gasteiger partial charge in [0.2, 0.25) is 0 Å². The molecule has 0 atom stereocenters. The van der Waals surface area contributed by atoms with E-state index in [2.05, 4.69) is 9.71 Å². The number of anilines is 2. The first kappa shape index (κ1) is 14.3. The summed E-state index contributed by atoms with van der Waals surface area (Å²) >= 11 is 0. The Morgan fingerprint density at radius 1 is 1.30 bits per heavy atom. The van der Waals surface area contributed by atoms with E-state index in [1.807, 2.05) is 0 Å². The maximum Gasteiger partial charge on any atom is 0.263 e. The summed E-state index contributed by atoms with van der Waals surface area (Å²) in [7, 11) is -3.93. The van der Waals surface area contributed by atoms with Crippen molar-refractivity contribution in [2.24, 2.45) is 0 Å². The topological polar surface area (TPSA) is 85.1 Å². The van der Waals surface area contributed by atoms with Gasteiger partial charge in [-0.25, -0.2) is 17.8 Å². The summed E-state index contributed by atoms with van der Waals surface area (Å²) < 4.78 is 40.3. The van der Waals surface area contributed by atoms with Crippen LogP contribution in [0.2, 0.25) is 0 Å². The molecule has 0 amide bonds. The minimum absolute atomic E-state index is 0.0862. The van der Waals surface area contributed by atoms with Crippen LogP contribution >= 0.6 is 0 Å². The highest BCUT2D eigenvalue weighted by Crippen LogP contribution is 2.23. The maximum atomic E-state index is 13.6. The average molecular weight is 295 g/mol. The standard InChI is InChI=1S/C13H14FN3O2S/c1-8-4-3-5-16-13(8)17-20(18,19)10-6-11(14)9(2)12(15)7-10/h3-7H,15H2,1-2H3,(H,16,17). The van der Waals surface area contributed by atoms with E-state index < -0.39 is 15.8 Å². The van der Waals surface area contributed by atoms with Gasteiger partial charge < -0.3 is 5.73 Å². The number of halogens is 1. The Hall–Kier alpha value is -2.15. The van der Waals surface area contributed by atoms with Gasteiger partial charge in [0.05, 0.1) is 4.90 Å². The first-order valence-electron chi connectivity index (χ1n) is 5.81. The summed E-state index contributed by atoms with van der Waals surface area (Å²) in [5, 5.41) is 0. The van der Waals surface area contributed by atoms with Crippen molar-refractivity contribution < 1.29 is 12.8 Å². The molecule has 0 spiro atoms. The third-order valence-corrected chi connectivity index (χ3v) is 4.23. The average Bonchev–Trinajstić information content (AvgIpc) is 2.38. The minimum Gasteiger partial charge on any atom is -0.398 e. The molecule has 0 saturated heterocycles. The van der Waals surface area contributed by atoms with Crippen LogP contribution in [0.3, 0.4) is 0 Å². The van der Waals surface area contributed by atoms with Gasteiger partial charge in [0.25, 0.3) is 10.0 Å². The summed E-state index contributed by atoms with van der Waals surface area (Å²) in [6, 6.07) is 5.57. The lowest BCUT2D eigenvalue weighted by Crippen LogP contribution is -2.15. The van der Waals surface area contributed by atoms with Crippen LogP contribution in [0.15, 0.2) is 35.4 Å². The molecule has 0 fully saturated rings. The van der Waals surface area contributed by atoms with Gasteiger partial charge in [-0.15, -0.1) is 0 Å². The second-order valence-electron chi connectivity index (χ2n) is 4.39. The number of rotatable bonds is 3. The van der Waals surface area contributed by atoms with Gasteiger partial charge in [0.15, 0.2) is 0 Å². The van der Waals surface area contributed by atoms with Crippen molar-refractivity contribution >= 4 is 21.5 Å². The van der Waals surface area contributed by atoms with Gasteiger partial charge in [0.1, 0.15) is 11.6 Å². The monoisotopic (exact) mass is 295 g/mol. The van der Waals surface area contributed by atoms with Crippen LogP contribution in [0, 0.1) is 19.7 Å². The first-order chi connectivity index (χ1) is 9.31. The van der Waals surface area contributed by atoms with Gasteiger partial charge in [-0.3, -0.25) is 4.72 Å². The van der Waals surface area contributed by atoms with Crippen LogP contribution in [-0.4, -0.2) is 13.4 Å². The number of benzene rings is 1. The van der Waals surface area contributed by atoms with Crippen molar-refractivity contribution in [2.45, 2.75) is 18.7 Å². The van der Waals surface area contributed by atoms with Crippen molar-refractivity contribution in [2.75, 3.05) is 10.5 Å². The summed E-state index contributed by atoms with van der Waals surface area (Å²) in [4.78, 5) is 3.70. The quantitative estimate of drug-likeness (QED) is 0.850. The zero-order chi connectivity index (χ0) is 14.9. The number of hydrogen-bond acceptors (Lipinski definition) is 4. The highest BCUT2D eigenvalue weighted by molar-refractivity contribution is 7.92. The highest BCUT2D eigenvalue weighted by Gasteiger charge is 2.18. The zero-order valence-corrected chi connectivity index (χ0v) is 11.8. The van der Waals surface area contributed by atoms with E-state index >= 15 is 0 Å². The molecule has 0 saturated carbocycles. The van der Waals surface area contributed by atoms with Gasteiger partial charge >= 0.3 is 0 Å². The molecular weight excluding hydrogens is 281 g/mol. The van der Waals surface area contributed by atoms with Gasteiger partial charge in [-0.05, 0) is 37.6 Å². The van der Waals surface area contributed by atoms with Crippen LogP contribution in [0.25, 0.3) is 0 Å². The van der Waals surface area contributed by atoms with Gasteiger partial charge in [-0.2, -0.15) is 0 Å². The number of nitrogens with one attached hydrogen (secondary N) is 1. The first-order valence-corrected chi connectivity index (χ1v) is 7.29. The Bertz CT molecular complexity index is 737. The van der Waals surface area contributed by atoms with E-state index in [4.69, 9.17) is 5.73 Å². The van der Waals surface area contributed by atoms with Crippen LogP contribution in [0.5, 0.6) is 0 Å². The molecule has 2 aromatic rings. The lowest BCUT2D eigenvalue weighted by molar-refractivity contribution is 0.593. The fourth-order valence-corrected chi connectivity index (χ4v) is 2.73. The Kier molecular flexibility index (Phi) is 3.63. The molecule has 7 heteroatoms. The summed E-state index contributed by atoms with van der Waals surface area (Å²) in [6.45, 7) is 3.20. The van der Waals surface area contributed by atoms with E-state index in [0.717, 1.165) is 6.07 Å². The van der Waals surface area contributed by atoms with Crippen LogP contribution in [0.1, 0.15) is 11.1 Å². The fraction of sp³-hybridized carbons (Fsp3) is 0.154. The molecular formula is C13H14FN3O2S. The zero-order valence-electron chi connectivity index (χ0n) is 11.0. The predicted octanol–water partition coefficient (Wildman–Crippen LogP) is 2.22. The number of sulfonamides is 1. The molecule has 1 heterocycles. The molecule has 0 unspecified atom stereocenters. The fourth-order valence-electron chi connectivity index (χ4n) is 1.61. The summed E-state index contributed by atoms with van der Waals surface area (Å²) in [6.07, 6.45) is 1.47. The Morgan fingerprint density at radius 3 is 2.60 bits per heavy atom. The molecule has 106 valence electrons. The van der Waals surface area contributed by atoms with Crippen molar-refractivity contribution in [3.8, 4) is 0 Å². The molecule has 0 radical (unpaired) electrons. The van der Waals surface area contributed by atoms with Crippen molar-refractivity contribution in [3.63, 3.8) is 0 Å². The molecule has 2 rings (SSSR count). The number of nitrogens with zero attached hydrogens (tertiary/aromatic N) is 1. The van der Waals surface area contributed by atoms with Gasteiger partial charge in [0, 0.05) is 17.4 Å². The Balaban J connectivity index is 2.44. The van der Waals surface area contributed by atoms with E-state index in [9.17, 15) is 12.8 Å². The molecule has 1 aromatic heterocycles. The maximum absolute atomic E-state index is 13.6. The largest absolute Gasteiger partial charge is 0.398 e.